The summed E-state index contributed by atoms with van der Waals surface area (Å²) in [5.41, 5.74) is 0.951. The van der Waals surface area contributed by atoms with E-state index in [1.807, 2.05) is 6.92 Å². The lowest BCUT2D eigenvalue weighted by Gasteiger charge is -2.18. The fraction of sp³-hybridized carbons (Fsp3) is 0.500. The molecule has 2 atom stereocenters. The van der Waals surface area contributed by atoms with Crippen LogP contribution in [0, 0.1) is 6.92 Å². The average Bonchev–Trinajstić information content (AvgIpc) is 2.86. The molecule has 0 unspecified atom stereocenters. The number of hydrogen-bond donors (Lipinski definition) is 0. The molecule has 1 aromatic carbocycles. The highest BCUT2D eigenvalue weighted by atomic mass is 35.6. The van der Waals surface area contributed by atoms with Crippen LogP contribution in [0.25, 0.3) is 0 Å². The Labute approximate surface area is 138 Å². The fourth-order valence-electron chi connectivity index (χ4n) is 1.65. The lowest BCUT2D eigenvalue weighted by Crippen LogP contribution is -2.28. The van der Waals surface area contributed by atoms with Gasteiger partial charge in [0.25, 0.3) is 10.1 Å². The molecule has 1 aliphatic rings. The number of hydrogen-bond acceptors (Lipinski definition) is 5. The third-order valence-corrected chi connectivity index (χ3v) is 4.57. The molecule has 118 valence electrons. The van der Waals surface area contributed by atoms with E-state index in [4.69, 9.17) is 48.5 Å². The van der Waals surface area contributed by atoms with E-state index in [1.54, 1.807) is 12.1 Å². The standard InChI is InChI=1S/C12H13Cl3O5S/c1-8-2-4-10(5-3-8)21(16,17)19-7-9-6-18-11(20-9)12(13,14)15/h2-5,9,11H,6-7H2,1H3/t9-,11-/m1/s1. The van der Waals surface area contributed by atoms with E-state index < -0.39 is 26.3 Å². The van der Waals surface area contributed by atoms with Gasteiger partial charge < -0.3 is 9.47 Å². The zero-order valence-corrected chi connectivity index (χ0v) is 14.0. The molecule has 0 radical (unpaired) electrons. The van der Waals surface area contributed by atoms with Gasteiger partial charge in [-0.25, -0.2) is 0 Å². The van der Waals surface area contributed by atoms with E-state index in [9.17, 15) is 8.42 Å². The van der Waals surface area contributed by atoms with Gasteiger partial charge in [-0.2, -0.15) is 8.42 Å². The van der Waals surface area contributed by atoms with Gasteiger partial charge in [-0.1, -0.05) is 52.5 Å². The molecule has 1 fully saturated rings. The summed E-state index contributed by atoms with van der Waals surface area (Å²) in [6, 6.07) is 6.32. The van der Waals surface area contributed by atoms with Gasteiger partial charge in [-0.05, 0) is 19.1 Å². The van der Waals surface area contributed by atoms with Crippen LogP contribution >= 0.6 is 34.8 Å². The van der Waals surface area contributed by atoms with Crippen molar-refractivity contribution in [2.75, 3.05) is 13.2 Å². The van der Waals surface area contributed by atoms with E-state index in [1.165, 1.54) is 12.1 Å². The summed E-state index contributed by atoms with van der Waals surface area (Å²) in [4.78, 5) is 0.0740. The van der Waals surface area contributed by atoms with Crippen molar-refractivity contribution in [3.05, 3.63) is 29.8 Å². The highest BCUT2D eigenvalue weighted by Crippen LogP contribution is 2.36. The van der Waals surface area contributed by atoms with Crippen molar-refractivity contribution >= 4 is 44.9 Å². The molecule has 0 aromatic heterocycles. The Bertz CT molecular complexity index is 582. The smallest absolute Gasteiger partial charge is 0.297 e. The highest BCUT2D eigenvalue weighted by Gasteiger charge is 2.41. The molecule has 2 rings (SSSR count). The van der Waals surface area contributed by atoms with Gasteiger partial charge in [0.1, 0.15) is 6.10 Å². The Hall–Kier alpha value is -0.0800. The lowest BCUT2D eigenvalue weighted by atomic mass is 10.2. The van der Waals surface area contributed by atoms with Crippen LogP contribution in [0.1, 0.15) is 5.56 Å². The topological polar surface area (TPSA) is 61.8 Å². The molecule has 0 saturated carbocycles. The van der Waals surface area contributed by atoms with Crippen molar-refractivity contribution in [1.29, 1.82) is 0 Å². The number of alkyl halides is 3. The lowest BCUT2D eigenvalue weighted by molar-refractivity contribution is -0.0590. The summed E-state index contributed by atoms with van der Waals surface area (Å²) >= 11 is 16.9. The number of aryl methyl sites for hydroxylation is 1. The molecule has 0 N–H and O–H groups in total. The van der Waals surface area contributed by atoms with Crippen LogP contribution in [0.15, 0.2) is 29.2 Å². The zero-order chi connectivity index (χ0) is 15.7. The molecule has 1 aliphatic heterocycles. The molecule has 21 heavy (non-hydrogen) atoms. The van der Waals surface area contributed by atoms with Gasteiger partial charge in [0.15, 0.2) is 0 Å². The second-order valence-corrected chi connectivity index (χ2v) is 8.50. The van der Waals surface area contributed by atoms with Gasteiger partial charge in [-0.3, -0.25) is 4.18 Å². The molecule has 1 heterocycles. The van der Waals surface area contributed by atoms with Crippen LogP contribution in [-0.4, -0.2) is 37.8 Å². The van der Waals surface area contributed by atoms with E-state index in [0.717, 1.165) is 5.56 Å². The molecule has 0 bridgehead atoms. The largest absolute Gasteiger partial charge is 0.346 e. The van der Waals surface area contributed by atoms with Crippen molar-refractivity contribution in [2.24, 2.45) is 0 Å². The van der Waals surface area contributed by atoms with Crippen molar-refractivity contribution < 1.29 is 22.1 Å². The first-order valence-corrected chi connectivity index (χ1v) is 8.52. The maximum atomic E-state index is 12.0. The Morgan fingerprint density at radius 3 is 2.43 bits per heavy atom. The van der Waals surface area contributed by atoms with Crippen molar-refractivity contribution in [3.8, 4) is 0 Å². The summed E-state index contributed by atoms with van der Waals surface area (Å²) in [5.74, 6) is 0. The first kappa shape index (κ1) is 17.3. The molecule has 9 heteroatoms. The Morgan fingerprint density at radius 2 is 1.90 bits per heavy atom. The molecular weight excluding hydrogens is 363 g/mol. The normalized spacial score (nSPS) is 23.4. The van der Waals surface area contributed by atoms with E-state index in [0.29, 0.717) is 0 Å². The zero-order valence-electron chi connectivity index (χ0n) is 11.0. The van der Waals surface area contributed by atoms with Crippen LogP contribution in [-0.2, 0) is 23.8 Å². The Kier molecular flexibility index (Phi) is 5.41. The highest BCUT2D eigenvalue weighted by molar-refractivity contribution is 7.86. The number of benzene rings is 1. The van der Waals surface area contributed by atoms with Gasteiger partial charge in [-0.15, -0.1) is 0 Å². The quantitative estimate of drug-likeness (QED) is 0.598. The monoisotopic (exact) mass is 374 g/mol. The Morgan fingerprint density at radius 1 is 1.29 bits per heavy atom. The molecule has 5 nitrogen and oxygen atoms in total. The number of halogens is 3. The fourth-order valence-corrected chi connectivity index (χ4v) is 2.93. The predicted octanol–water partition coefficient (Wildman–Crippen LogP) is 2.81. The van der Waals surface area contributed by atoms with E-state index >= 15 is 0 Å². The van der Waals surface area contributed by atoms with Crippen molar-refractivity contribution in [3.63, 3.8) is 0 Å². The summed E-state index contributed by atoms with van der Waals surface area (Å²) in [5, 5.41) is 0. The predicted molar refractivity (Wildman–Crippen MR) is 79.2 cm³/mol. The summed E-state index contributed by atoms with van der Waals surface area (Å²) in [6.07, 6.45) is -1.66. The summed E-state index contributed by atoms with van der Waals surface area (Å²) in [6.45, 7) is 1.73. The maximum absolute atomic E-state index is 12.0. The van der Waals surface area contributed by atoms with Gasteiger partial charge in [0.05, 0.1) is 18.1 Å². The Balaban J connectivity index is 1.93. The summed E-state index contributed by atoms with van der Waals surface area (Å²) in [7, 11) is -3.85. The second-order valence-electron chi connectivity index (χ2n) is 4.52. The minimum Gasteiger partial charge on any atom is -0.346 e. The second kappa shape index (κ2) is 6.58. The van der Waals surface area contributed by atoms with Gasteiger partial charge in [0, 0.05) is 0 Å². The first-order valence-electron chi connectivity index (χ1n) is 5.98. The third-order valence-electron chi connectivity index (χ3n) is 2.74. The van der Waals surface area contributed by atoms with Crippen molar-refractivity contribution in [1.82, 2.24) is 0 Å². The molecule has 1 aromatic rings. The minimum absolute atomic E-state index is 0.0740. The van der Waals surface area contributed by atoms with Crippen molar-refractivity contribution in [2.45, 2.75) is 28.0 Å². The maximum Gasteiger partial charge on any atom is 0.297 e. The number of rotatable bonds is 4. The van der Waals surface area contributed by atoms with Crippen LogP contribution in [0.4, 0.5) is 0 Å². The average molecular weight is 376 g/mol. The van der Waals surface area contributed by atoms with E-state index in [-0.39, 0.29) is 18.1 Å². The van der Waals surface area contributed by atoms with Crippen LogP contribution < -0.4 is 0 Å². The molecule has 1 saturated heterocycles. The number of ether oxygens (including phenoxy) is 2. The minimum atomic E-state index is -3.85. The molecule has 0 amide bonds. The van der Waals surface area contributed by atoms with Gasteiger partial charge in [0.2, 0.25) is 10.1 Å². The molecular formula is C12H13Cl3O5S. The summed E-state index contributed by atoms with van der Waals surface area (Å²) < 4.78 is 37.6. The molecule has 0 spiro atoms. The van der Waals surface area contributed by atoms with Gasteiger partial charge >= 0.3 is 0 Å². The van der Waals surface area contributed by atoms with Crippen LogP contribution in [0.2, 0.25) is 0 Å². The van der Waals surface area contributed by atoms with Crippen LogP contribution in [0.5, 0.6) is 0 Å². The molecule has 0 aliphatic carbocycles. The SMILES string of the molecule is Cc1ccc(S(=O)(=O)OC[C@H]2CO[C@@H](C(Cl)(Cl)Cl)O2)cc1. The first-order chi connectivity index (χ1) is 9.68. The van der Waals surface area contributed by atoms with Crippen LogP contribution in [0.3, 0.4) is 0 Å². The third kappa shape index (κ3) is 4.69. The van der Waals surface area contributed by atoms with E-state index in [2.05, 4.69) is 0 Å².